The number of allylic oxidation sites excluding steroid dienone is 1. The molecule has 3 heterocycles. The lowest BCUT2D eigenvalue weighted by Crippen LogP contribution is -2.71. The number of carbonyl (C=O) groups is 4. The summed E-state index contributed by atoms with van der Waals surface area (Å²) in [7, 11) is 0. The van der Waals surface area contributed by atoms with Crippen LogP contribution in [-0.4, -0.2) is 68.4 Å². The molecule has 0 aromatic carbocycles. The lowest BCUT2D eigenvalue weighted by molar-refractivity contribution is -0.165. The van der Waals surface area contributed by atoms with Crippen LogP contribution in [0.2, 0.25) is 0 Å². The number of nitrogens with two attached hydrogens (primary N) is 1. The average Bonchev–Trinajstić information content (AvgIpc) is 3.20. The molecule has 1 unspecified atom stereocenters. The fourth-order valence-electron chi connectivity index (χ4n) is 3.00. The first-order chi connectivity index (χ1) is 16.0. The SMILES string of the molecule is C=CC1=C(C(=O)O)N2C(=O)[C@@H](NC(=O)C(=NOCOC(=O)C(C)(C)C)c3csc(N)n3)C2SC1. The van der Waals surface area contributed by atoms with Crippen LogP contribution in [-0.2, 0) is 28.8 Å². The number of fused-ring (bicyclic) bond motifs is 1. The molecule has 0 spiro atoms. The fourth-order valence-corrected chi connectivity index (χ4v) is 4.89. The van der Waals surface area contributed by atoms with Crippen LogP contribution in [0, 0.1) is 5.41 Å². The molecule has 12 nitrogen and oxygen atoms in total. The number of aromatic nitrogens is 1. The second-order valence-corrected chi connectivity index (χ2v) is 10.2. The van der Waals surface area contributed by atoms with Gasteiger partial charge in [0.2, 0.25) is 0 Å². The topological polar surface area (TPSA) is 174 Å². The molecule has 1 fully saturated rings. The quantitative estimate of drug-likeness (QED) is 0.114. The van der Waals surface area contributed by atoms with Crippen LogP contribution in [0.15, 0.2) is 34.5 Å². The molecule has 4 N–H and O–H groups in total. The minimum absolute atomic E-state index is 0.0992. The summed E-state index contributed by atoms with van der Waals surface area (Å²) < 4.78 is 4.96. The third kappa shape index (κ3) is 5.07. The van der Waals surface area contributed by atoms with Gasteiger partial charge >= 0.3 is 11.9 Å². The Hall–Kier alpha value is -3.39. The van der Waals surface area contributed by atoms with Gasteiger partial charge in [0.15, 0.2) is 10.8 Å². The second-order valence-electron chi connectivity index (χ2n) is 8.18. The van der Waals surface area contributed by atoms with Crippen molar-refractivity contribution in [3.05, 3.63) is 35.0 Å². The number of nitrogens with zero attached hydrogens (tertiary/aromatic N) is 3. The van der Waals surface area contributed by atoms with Crippen LogP contribution in [0.25, 0.3) is 0 Å². The Bertz CT molecular complexity index is 1110. The molecule has 1 aromatic rings. The van der Waals surface area contributed by atoms with Gasteiger partial charge in [-0.3, -0.25) is 19.3 Å². The first kappa shape index (κ1) is 25.2. The van der Waals surface area contributed by atoms with Crippen molar-refractivity contribution in [3.8, 4) is 0 Å². The molecule has 182 valence electrons. The number of nitrogens with one attached hydrogen (secondary N) is 1. The van der Waals surface area contributed by atoms with E-state index in [4.69, 9.17) is 15.3 Å². The fraction of sp³-hybridized carbons (Fsp3) is 0.400. The van der Waals surface area contributed by atoms with Crippen molar-refractivity contribution < 1.29 is 33.9 Å². The number of hydrogen-bond acceptors (Lipinski definition) is 11. The van der Waals surface area contributed by atoms with Crippen molar-refractivity contribution in [2.24, 2.45) is 10.6 Å². The van der Waals surface area contributed by atoms with Crippen LogP contribution in [0.4, 0.5) is 5.13 Å². The number of β-lactam (4-membered cyclic amide) rings is 1. The largest absolute Gasteiger partial charge is 0.477 e. The normalized spacial score (nSPS) is 20.3. The van der Waals surface area contributed by atoms with Gasteiger partial charge in [-0.25, -0.2) is 9.78 Å². The summed E-state index contributed by atoms with van der Waals surface area (Å²) in [5.74, 6) is -2.84. The van der Waals surface area contributed by atoms with E-state index in [9.17, 15) is 24.3 Å². The maximum Gasteiger partial charge on any atom is 0.352 e. The molecule has 0 saturated carbocycles. The summed E-state index contributed by atoms with van der Waals surface area (Å²) in [6.07, 6.45) is 1.40. The van der Waals surface area contributed by atoms with Crippen molar-refractivity contribution in [2.75, 3.05) is 18.3 Å². The minimum Gasteiger partial charge on any atom is -0.477 e. The van der Waals surface area contributed by atoms with Crippen molar-refractivity contribution in [3.63, 3.8) is 0 Å². The third-order valence-corrected chi connectivity index (χ3v) is 6.70. The smallest absolute Gasteiger partial charge is 0.352 e. The first-order valence-electron chi connectivity index (χ1n) is 9.88. The number of anilines is 1. The molecular weight excluding hydrogens is 486 g/mol. The van der Waals surface area contributed by atoms with E-state index >= 15 is 0 Å². The Morgan fingerprint density at radius 2 is 2.15 bits per heavy atom. The molecule has 2 amide bonds. The number of hydrogen-bond donors (Lipinski definition) is 3. The number of rotatable bonds is 8. The summed E-state index contributed by atoms with van der Waals surface area (Å²) in [6.45, 7) is 8.05. The molecule has 1 aromatic heterocycles. The number of nitrogen functional groups attached to an aromatic ring is 1. The number of carboxylic acids is 1. The molecule has 0 aliphatic carbocycles. The van der Waals surface area contributed by atoms with Gasteiger partial charge in [0.05, 0.1) is 5.41 Å². The molecule has 3 rings (SSSR count). The molecule has 1 saturated heterocycles. The van der Waals surface area contributed by atoms with E-state index in [2.05, 4.69) is 22.0 Å². The summed E-state index contributed by atoms with van der Waals surface area (Å²) in [6, 6.07) is -0.988. The second kappa shape index (κ2) is 9.85. The van der Waals surface area contributed by atoms with E-state index < -0.39 is 47.4 Å². The maximum atomic E-state index is 13.0. The van der Waals surface area contributed by atoms with Gasteiger partial charge in [0, 0.05) is 11.1 Å². The van der Waals surface area contributed by atoms with Gasteiger partial charge in [-0.15, -0.1) is 23.1 Å². The van der Waals surface area contributed by atoms with Crippen molar-refractivity contribution >= 4 is 57.7 Å². The van der Waals surface area contributed by atoms with E-state index in [0.29, 0.717) is 11.3 Å². The Balaban J connectivity index is 1.74. The van der Waals surface area contributed by atoms with E-state index in [0.717, 1.165) is 16.2 Å². The number of carbonyl (C=O) groups excluding carboxylic acids is 3. The standard InChI is InChI=1S/C20H23N5O7S2/c1-5-9-6-33-16-12(15(27)25(16)13(9)17(28)29)23-14(26)11(10-7-34-19(21)22-10)24-32-8-31-18(30)20(2,3)4/h5,7,12,16H,1,6,8H2,2-4H3,(H2,21,22)(H,23,26)(H,28,29)/t12-,16?/m1/s1. The number of thioether (sulfide) groups is 1. The maximum absolute atomic E-state index is 13.0. The van der Waals surface area contributed by atoms with E-state index in [-0.39, 0.29) is 22.2 Å². The highest BCUT2D eigenvalue weighted by molar-refractivity contribution is 8.00. The summed E-state index contributed by atoms with van der Waals surface area (Å²) in [5.41, 5.74) is 4.99. The van der Waals surface area contributed by atoms with Crippen LogP contribution in [0.5, 0.6) is 0 Å². The van der Waals surface area contributed by atoms with Crippen molar-refractivity contribution in [1.29, 1.82) is 0 Å². The molecule has 0 radical (unpaired) electrons. The van der Waals surface area contributed by atoms with Crippen LogP contribution in [0.1, 0.15) is 26.5 Å². The number of amides is 2. The number of ether oxygens (including phenoxy) is 1. The van der Waals surface area contributed by atoms with E-state index in [1.54, 1.807) is 20.8 Å². The van der Waals surface area contributed by atoms with Gasteiger partial charge in [0.25, 0.3) is 18.6 Å². The summed E-state index contributed by atoms with van der Waals surface area (Å²) in [5, 5.41) is 16.8. The summed E-state index contributed by atoms with van der Waals surface area (Å²) in [4.78, 5) is 59.3. The molecular formula is C20H23N5O7S2. The lowest BCUT2D eigenvalue weighted by Gasteiger charge is -2.49. The molecule has 34 heavy (non-hydrogen) atoms. The molecule has 2 aliphatic rings. The number of oxime groups is 1. The van der Waals surface area contributed by atoms with Crippen LogP contribution in [0.3, 0.4) is 0 Å². The van der Waals surface area contributed by atoms with Gasteiger partial charge in [0.1, 0.15) is 22.8 Å². The predicted octanol–water partition coefficient (Wildman–Crippen LogP) is 0.917. The Kier molecular flexibility index (Phi) is 7.31. The molecule has 2 aliphatic heterocycles. The van der Waals surface area contributed by atoms with E-state index in [1.807, 2.05) is 0 Å². The molecule has 2 atom stereocenters. The lowest BCUT2D eigenvalue weighted by atomic mass is 9.98. The summed E-state index contributed by atoms with van der Waals surface area (Å²) >= 11 is 2.36. The third-order valence-electron chi connectivity index (χ3n) is 4.72. The Morgan fingerprint density at radius 3 is 2.71 bits per heavy atom. The zero-order valence-corrected chi connectivity index (χ0v) is 20.2. The highest BCUT2D eigenvalue weighted by atomic mass is 32.2. The van der Waals surface area contributed by atoms with E-state index in [1.165, 1.54) is 23.2 Å². The Labute approximate surface area is 202 Å². The van der Waals surface area contributed by atoms with Gasteiger partial charge in [-0.2, -0.15) is 0 Å². The number of aliphatic carboxylic acids is 1. The van der Waals surface area contributed by atoms with Crippen LogP contribution < -0.4 is 11.1 Å². The zero-order valence-electron chi connectivity index (χ0n) is 18.6. The predicted molar refractivity (Wildman–Crippen MR) is 124 cm³/mol. The molecule has 0 bridgehead atoms. The van der Waals surface area contributed by atoms with Gasteiger partial charge in [-0.05, 0) is 26.3 Å². The number of carboxylic acid groups (broad SMARTS) is 1. The van der Waals surface area contributed by atoms with Gasteiger partial charge in [-0.1, -0.05) is 17.8 Å². The highest BCUT2D eigenvalue weighted by Crippen LogP contribution is 2.40. The minimum atomic E-state index is -1.25. The zero-order chi connectivity index (χ0) is 25.2. The Morgan fingerprint density at radius 1 is 1.44 bits per heavy atom. The number of esters is 1. The number of thiazole rings is 1. The first-order valence-corrected chi connectivity index (χ1v) is 11.8. The highest BCUT2D eigenvalue weighted by Gasteiger charge is 2.54. The van der Waals surface area contributed by atoms with Crippen molar-refractivity contribution in [1.82, 2.24) is 15.2 Å². The average molecular weight is 510 g/mol. The van der Waals surface area contributed by atoms with Crippen LogP contribution >= 0.6 is 23.1 Å². The monoisotopic (exact) mass is 509 g/mol. The van der Waals surface area contributed by atoms with Gasteiger partial charge < -0.3 is 25.7 Å². The van der Waals surface area contributed by atoms with Crippen molar-refractivity contribution in [2.45, 2.75) is 32.2 Å². The molecule has 14 heteroatoms.